The van der Waals surface area contributed by atoms with Gasteiger partial charge in [-0.2, -0.15) is 0 Å². The Morgan fingerprint density at radius 1 is 1.12 bits per heavy atom. The van der Waals surface area contributed by atoms with Crippen molar-refractivity contribution in [1.29, 1.82) is 0 Å². The Bertz CT molecular complexity index is 878. The van der Waals surface area contributed by atoms with E-state index in [1.165, 1.54) is 0 Å². The molecule has 1 amide bonds. The van der Waals surface area contributed by atoms with Gasteiger partial charge in [0.1, 0.15) is 0 Å². The third kappa shape index (κ3) is 3.58. The first-order valence-electron chi connectivity index (χ1n) is 7.25. The molecule has 0 spiro atoms. The van der Waals surface area contributed by atoms with Crippen molar-refractivity contribution in [2.45, 2.75) is 13.5 Å². The predicted octanol–water partition coefficient (Wildman–Crippen LogP) is 4.19. The lowest BCUT2D eigenvalue weighted by Crippen LogP contribution is -2.14. The zero-order valence-corrected chi connectivity index (χ0v) is 14.3. The van der Waals surface area contributed by atoms with Crippen molar-refractivity contribution in [1.82, 2.24) is 15.0 Å². The van der Waals surface area contributed by atoms with Gasteiger partial charge in [0.25, 0.3) is 5.91 Å². The molecule has 0 aliphatic heterocycles. The molecule has 0 aliphatic rings. The SMILES string of the molecule is Cc1c(C(=O)Nc2ccc(Cl)c(Cl)c2)nnn1Cc1ccccc1. The maximum Gasteiger partial charge on any atom is 0.278 e. The normalized spacial score (nSPS) is 10.6. The van der Waals surface area contributed by atoms with Crippen molar-refractivity contribution in [2.75, 3.05) is 5.32 Å². The van der Waals surface area contributed by atoms with E-state index in [-0.39, 0.29) is 11.6 Å². The molecule has 1 aromatic heterocycles. The van der Waals surface area contributed by atoms with E-state index < -0.39 is 0 Å². The summed E-state index contributed by atoms with van der Waals surface area (Å²) in [5, 5.41) is 11.6. The molecule has 0 saturated carbocycles. The Kier molecular flexibility index (Phi) is 4.83. The average Bonchev–Trinajstić information content (AvgIpc) is 2.93. The van der Waals surface area contributed by atoms with Crippen LogP contribution in [0.1, 0.15) is 21.7 Å². The fourth-order valence-electron chi connectivity index (χ4n) is 2.24. The van der Waals surface area contributed by atoms with E-state index >= 15 is 0 Å². The second-order valence-electron chi connectivity index (χ2n) is 5.25. The summed E-state index contributed by atoms with van der Waals surface area (Å²) in [4.78, 5) is 12.4. The second-order valence-corrected chi connectivity index (χ2v) is 6.06. The minimum Gasteiger partial charge on any atom is -0.320 e. The van der Waals surface area contributed by atoms with E-state index in [9.17, 15) is 4.79 Å². The lowest BCUT2D eigenvalue weighted by Gasteiger charge is -2.06. The molecule has 0 radical (unpaired) electrons. The Morgan fingerprint density at radius 3 is 2.58 bits per heavy atom. The molecule has 1 heterocycles. The van der Waals surface area contributed by atoms with Crippen LogP contribution in [0.3, 0.4) is 0 Å². The summed E-state index contributed by atoms with van der Waals surface area (Å²) in [6.45, 7) is 2.37. The Hall–Kier alpha value is -2.37. The average molecular weight is 361 g/mol. The van der Waals surface area contributed by atoms with Gasteiger partial charge in [0.15, 0.2) is 5.69 Å². The van der Waals surface area contributed by atoms with E-state index in [0.717, 1.165) is 5.56 Å². The van der Waals surface area contributed by atoms with Gasteiger partial charge in [-0.15, -0.1) is 5.10 Å². The van der Waals surface area contributed by atoms with Crippen LogP contribution in [0, 0.1) is 6.92 Å². The van der Waals surface area contributed by atoms with Gasteiger partial charge in [0, 0.05) is 5.69 Å². The van der Waals surface area contributed by atoms with Gasteiger partial charge in [-0.05, 0) is 30.7 Å². The number of benzene rings is 2. The van der Waals surface area contributed by atoms with E-state index in [4.69, 9.17) is 23.2 Å². The van der Waals surface area contributed by atoms with Gasteiger partial charge in [0.05, 0.1) is 22.3 Å². The van der Waals surface area contributed by atoms with E-state index in [2.05, 4.69) is 15.6 Å². The van der Waals surface area contributed by atoms with Gasteiger partial charge >= 0.3 is 0 Å². The van der Waals surface area contributed by atoms with Crippen molar-refractivity contribution in [3.63, 3.8) is 0 Å². The summed E-state index contributed by atoms with van der Waals surface area (Å²) in [7, 11) is 0. The molecule has 0 bridgehead atoms. The number of carbonyl (C=O) groups is 1. The van der Waals surface area contributed by atoms with Crippen molar-refractivity contribution in [3.05, 3.63) is 75.5 Å². The highest BCUT2D eigenvalue weighted by Crippen LogP contribution is 2.25. The molecule has 0 saturated heterocycles. The molecule has 0 fully saturated rings. The number of nitrogens with one attached hydrogen (secondary N) is 1. The maximum atomic E-state index is 12.4. The van der Waals surface area contributed by atoms with Crippen LogP contribution in [-0.4, -0.2) is 20.9 Å². The lowest BCUT2D eigenvalue weighted by atomic mass is 10.2. The van der Waals surface area contributed by atoms with Crippen LogP contribution in [0.25, 0.3) is 0 Å². The molecular formula is C17H14Cl2N4O. The summed E-state index contributed by atoms with van der Waals surface area (Å²) in [6, 6.07) is 14.7. The van der Waals surface area contributed by atoms with Crippen LogP contribution in [-0.2, 0) is 6.54 Å². The molecule has 122 valence electrons. The number of rotatable bonds is 4. The topological polar surface area (TPSA) is 59.8 Å². The molecule has 2 aromatic carbocycles. The maximum absolute atomic E-state index is 12.4. The minimum absolute atomic E-state index is 0.275. The summed E-state index contributed by atoms with van der Waals surface area (Å²) in [5.74, 6) is -0.342. The van der Waals surface area contributed by atoms with Crippen LogP contribution < -0.4 is 5.32 Å². The third-order valence-corrected chi connectivity index (χ3v) is 4.29. The molecule has 24 heavy (non-hydrogen) atoms. The number of nitrogens with zero attached hydrogens (tertiary/aromatic N) is 3. The molecule has 0 unspecified atom stereocenters. The van der Waals surface area contributed by atoms with Crippen LogP contribution >= 0.6 is 23.2 Å². The number of anilines is 1. The number of hydrogen-bond acceptors (Lipinski definition) is 3. The summed E-state index contributed by atoms with van der Waals surface area (Å²) in [6.07, 6.45) is 0. The molecule has 3 aromatic rings. The highest BCUT2D eigenvalue weighted by atomic mass is 35.5. The zero-order chi connectivity index (χ0) is 17.1. The summed E-state index contributed by atoms with van der Waals surface area (Å²) >= 11 is 11.8. The Labute approximate surface area is 149 Å². The van der Waals surface area contributed by atoms with Crippen LogP contribution in [0.5, 0.6) is 0 Å². The molecule has 3 rings (SSSR count). The first-order valence-corrected chi connectivity index (χ1v) is 8.00. The van der Waals surface area contributed by atoms with Crippen LogP contribution in [0.2, 0.25) is 10.0 Å². The van der Waals surface area contributed by atoms with Gasteiger partial charge in [0.2, 0.25) is 0 Å². The molecule has 0 aliphatic carbocycles. The van der Waals surface area contributed by atoms with Crippen molar-refractivity contribution in [2.24, 2.45) is 0 Å². The van der Waals surface area contributed by atoms with Gasteiger partial charge in [-0.1, -0.05) is 58.7 Å². The molecule has 7 heteroatoms. The van der Waals surface area contributed by atoms with Crippen LogP contribution in [0.4, 0.5) is 5.69 Å². The number of amides is 1. The largest absolute Gasteiger partial charge is 0.320 e. The van der Waals surface area contributed by atoms with E-state index in [0.29, 0.717) is 28.0 Å². The highest BCUT2D eigenvalue weighted by molar-refractivity contribution is 6.42. The fraction of sp³-hybridized carbons (Fsp3) is 0.118. The lowest BCUT2D eigenvalue weighted by molar-refractivity contribution is 0.102. The smallest absolute Gasteiger partial charge is 0.278 e. The van der Waals surface area contributed by atoms with E-state index in [1.807, 2.05) is 37.3 Å². The first-order chi connectivity index (χ1) is 11.5. The highest BCUT2D eigenvalue weighted by Gasteiger charge is 2.17. The Morgan fingerprint density at radius 2 is 1.88 bits per heavy atom. The van der Waals surface area contributed by atoms with Crippen molar-refractivity contribution in [3.8, 4) is 0 Å². The summed E-state index contributed by atoms with van der Waals surface area (Å²) in [5.41, 5.74) is 2.60. The van der Waals surface area contributed by atoms with Gasteiger partial charge in [-0.3, -0.25) is 4.79 Å². The molecule has 5 nitrogen and oxygen atoms in total. The number of halogens is 2. The van der Waals surface area contributed by atoms with Crippen LogP contribution in [0.15, 0.2) is 48.5 Å². The van der Waals surface area contributed by atoms with Gasteiger partial charge < -0.3 is 5.32 Å². The third-order valence-electron chi connectivity index (χ3n) is 3.55. The molecular weight excluding hydrogens is 347 g/mol. The van der Waals surface area contributed by atoms with Crippen molar-refractivity contribution < 1.29 is 4.79 Å². The number of aromatic nitrogens is 3. The number of hydrogen-bond donors (Lipinski definition) is 1. The summed E-state index contributed by atoms with van der Waals surface area (Å²) < 4.78 is 1.69. The second kappa shape index (κ2) is 7.03. The zero-order valence-electron chi connectivity index (χ0n) is 12.8. The first kappa shape index (κ1) is 16.5. The molecule has 0 atom stereocenters. The minimum atomic E-state index is -0.342. The monoisotopic (exact) mass is 360 g/mol. The van der Waals surface area contributed by atoms with Gasteiger partial charge in [-0.25, -0.2) is 4.68 Å². The molecule has 1 N–H and O–H groups in total. The standard InChI is InChI=1S/C17H14Cl2N4O/c1-11-16(17(24)20-13-7-8-14(18)15(19)9-13)21-22-23(11)10-12-5-3-2-4-6-12/h2-9H,10H2,1H3,(H,20,24). The van der Waals surface area contributed by atoms with Crippen molar-refractivity contribution >= 4 is 34.8 Å². The quantitative estimate of drug-likeness (QED) is 0.758. The Balaban J connectivity index is 1.77. The fourth-order valence-corrected chi connectivity index (χ4v) is 2.54. The van der Waals surface area contributed by atoms with E-state index in [1.54, 1.807) is 22.9 Å². The number of carbonyl (C=O) groups excluding carboxylic acids is 1. The predicted molar refractivity (Wildman–Crippen MR) is 94.7 cm³/mol.